The molecule has 0 spiro atoms. The second-order valence-electron chi connectivity index (χ2n) is 4.18. The summed E-state index contributed by atoms with van der Waals surface area (Å²) in [6.45, 7) is 1.46. The quantitative estimate of drug-likeness (QED) is 0.605. The Morgan fingerprint density at radius 2 is 1.39 bits per heavy atom. The van der Waals surface area contributed by atoms with Crippen LogP contribution in [0.15, 0.2) is 60.7 Å². The monoisotopic (exact) mass is 256 g/mol. The van der Waals surface area contributed by atoms with Gasteiger partial charge in [0, 0.05) is 6.92 Å². The maximum absolute atomic E-state index is 11.0. The molecule has 0 aliphatic heterocycles. The van der Waals surface area contributed by atoms with Gasteiger partial charge < -0.3 is 4.74 Å². The molecule has 0 unspecified atom stereocenters. The molecular formula is C15H16O2Si. The fraction of sp³-hybridized carbons (Fsp3) is 0.133. The Balaban J connectivity index is 2.26. The van der Waals surface area contributed by atoms with Crippen molar-refractivity contribution >= 4 is 25.1 Å². The van der Waals surface area contributed by atoms with Crippen LogP contribution >= 0.6 is 0 Å². The molecule has 0 aliphatic rings. The van der Waals surface area contributed by atoms with E-state index in [0.717, 1.165) is 0 Å². The minimum Gasteiger partial charge on any atom is -0.469 e. The Morgan fingerprint density at radius 1 is 0.944 bits per heavy atom. The largest absolute Gasteiger partial charge is 0.469 e. The highest BCUT2D eigenvalue weighted by molar-refractivity contribution is 6.85. The predicted molar refractivity (Wildman–Crippen MR) is 75.9 cm³/mol. The van der Waals surface area contributed by atoms with E-state index in [4.69, 9.17) is 4.74 Å². The first-order chi connectivity index (χ1) is 8.77. The normalized spacial score (nSPS) is 10.3. The molecule has 92 valence electrons. The maximum atomic E-state index is 11.0. The fourth-order valence-electron chi connectivity index (χ4n) is 1.96. The van der Waals surface area contributed by atoms with Crippen molar-refractivity contribution in [1.29, 1.82) is 0 Å². The van der Waals surface area contributed by atoms with Gasteiger partial charge in [-0.1, -0.05) is 71.0 Å². The Hall–Kier alpha value is -1.87. The number of hydrogen-bond donors (Lipinski definition) is 0. The molecule has 0 heterocycles. The van der Waals surface area contributed by atoms with Crippen molar-refractivity contribution in [3.05, 3.63) is 60.7 Å². The fourth-order valence-corrected chi connectivity index (χ4v) is 4.50. The van der Waals surface area contributed by atoms with Crippen molar-refractivity contribution < 1.29 is 9.53 Å². The van der Waals surface area contributed by atoms with Crippen LogP contribution < -0.4 is 10.4 Å². The Labute approximate surface area is 109 Å². The minimum atomic E-state index is -1.45. The number of esters is 1. The van der Waals surface area contributed by atoms with E-state index in [9.17, 15) is 4.79 Å². The molecule has 0 saturated carbocycles. The molecule has 0 amide bonds. The summed E-state index contributed by atoms with van der Waals surface area (Å²) in [5, 5.41) is 2.59. The Morgan fingerprint density at radius 3 is 1.78 bits per heavy atom. The van der Waals surface area contributed by atoms with Crippen LogP contribution in [0.2, 0.25) is 0 Å². The van der Waals surface area contributed by atoms with Gasteiger partial charge in [0.1, 0.15) is 8.80 Å². The van der Waals surface area contributed by atoms with E-state index in [1.165, 1.54) is 17.3 Å². The molecule has 0 atom stereocenters. The predicted octanol–water partition coefficient (Wildman–Crippen LogP) is 1.13. The van der Waals surface area contributed by atoms with Gasteiger partial charge >= 0.3 is 5.97 Å². The molecule has 0 radical (unpaired) electrons. The Bertz CT molecular complexity index is 457. The molecule has 2 aromatic carbocycles. The third kappa shape index (κ3) is 3.31. The average Bonchev–Trinajstić information content (AvgIpc) is 2.41. The summed E-state index contributed by atoms with van der Waals surface area (Å²) in [4.78, 5) is 11.0. The van der Waals surface area contributed by atoms with Gasteiger partial charge in [-0.2, -0.15) is 0 Å². The van der Waals surface area contributed by atoms with Gasteiger partial charge in [-0.25, -0.2) is 0 Å². The molecule has 3 heteroatoms. The van der Waals surface area contributed by atoms with Gasteiger partial charge in [0.15, 0.2) is 0 Å². The maximum Gasteiger partial charge on any atom is 0.302 e. The smallest absolute Gasteiger partial charge is 0.302 e. The summed E-state index contributed by atoms with van der Waals surface area (Å²) < 4.78 is 5.24. The molecule has 0 aromatic heterocycles. The Kier molecular flexibility index (Phi) is 4.31. The summed E-state index contributed by atoms with van der Waals surface area (Å²) >= 11 is 0. The van der Waals surface area contributed by atoms with Crippen LogP contribution in [0.4, 0.5) is 0 Å². The van der Waals surface area contributed by atoms with E-state index in [0.29, 0.717) is 6.23 Å². The molecule has 2 aromatic rings. The molecule has 0 bridgehead atoms. The third-order valence-electron chi connectivity index (χ3n) is 2.86. The molecule has 0 aliphatic carbocycles. The molecule has 18 heavy (non-hydrogen) atoms. The summed E-state index contributed by atoms with van der Waals surface area (Å²) in [6, 6.07) is 20.6. The summed E-state index contributed by atoms with van der Waals surface area (Å²) in [5.74, 6) is -0.209. The van der Waals surface area contributed by atoms with Gasteiger partial charge in [0.05, 0.1) is 6.23 Å². The molecule has 0 saturated heterocycles. The number of hydrogen-bond acceptors (Lipinski definition) is 2. The van der Waals surface area contributed by atoms with Crippen molar-refractivity contribution in [1.82, 2.24) is 0 Å². The SMILES string of the molecule is CC(=O)OC[SiH](c1ccccc1)c1ccccc1. The third-order valence-corrected chi connectivity index (χ3v) is 5.74. The lowest BCUT2D eigenvalue weighted by atomic mass is 10.4. The zero-order chi connectivity index (χ0) is 12.8. The lowest BCUT2D eigenvalue weighted by Gasteiger charge is -2.15. The van der Waals surface area contributed by atoms with Crippen LogP contribution in [0.25, 0.3) is 0 Å². The molecule has 0 fully saturated rings. The second-order valence-corrected chi connectivity index (χ2v) is 6.95. The summed E-state index contributed by atoms with van der Waals surface area (Å²) in [5.41, 5.74) is 0. The first-order valence-electron chi connectivity index (χ1n) is 6.00. The molecule has 2 nitrogen and oxygen atoms in total. The van der Waals surface area contributed by atoms with E-state index in [2.05, 4.69) is 24.3 Å². The van der Waals surface area contributed by atoms with Crippen molar-refractivity contribution in [2.24, 2.45) is 0 Å². The van der Waals surface area contributed by atoms with Crippen molar-refractivity contribution in [3.8, 4) is 0 Å². The first kappa shape index (κ1) is 12.6. The van der Waals surface area contributed by atoms with Gasteiger partial charge in [-0.3, -0.25) is 4.79 Å². The van der Waals surface area contributed by atoms with Gasteiger partial charge in [-0.15, -0.1) is 0 Å². The van der Waals surface area contributed by atoms with Gasteiger partial charge in [0.2, 0.25) is 0 Å². The second kappa shape index (κ2) is 6.17. The minimum absolute atomic E-state index is 0.209. The number of benzene rings is 2. The summed E-state index contributed by atoms with van der Waals surface area (Å²) in [7, 11) is -1.45. The first-order valence-corrected chi connectivity index (χ1v) is 7.98. The number of carbonyl (C=O) groups excluding carboxylic acids is 1. The van der Waals surface area contributed by atoms with E-state index < -0.39 is 8.80 Å². The van der Waals surface area contributed by atoms with Crippen LogP contribution in [0.3, 0.4) is 0 Å². The zero-order valence-electron chi connectivity index (χ0n) is 10.4. The molecule has 0 N–H and O–H groups in total. The topological polar surface area (TPSA) is 26.3 Å². The van der Waals surface area contributed by atoms with Crippen LogP contribution in [0.5, 0.6) is 0 Å². The van der Waals surface area contributed by atoms with Crippen LogP contribution in [0, 0.1) is 0 Å². The standard InChI is InChI=1S/C15H16O2Si/c1-13(16)17-12-18(14-8-4-2-5-9-14)15-10-6-3-7-11-15/h2-11,18H,12H2,1H3. The summed E-state index contributed by atoms with van der Waals surface area (Å²) in [6.07, 6.45) is 0.517. The van der Waals surface area contributed by atoms with E-state index >= 15 is 0 Å². The highest BCUT2D eigenvalue weighted by Crippen LogP contribution is 1.94. The van der Waals surface area contributed by atoms with Gasteiger partial charge in [-0.05, 0) is 0 Å². The highest BCUT2D eigenvalue weighted by Gasteiger charge is 2.17. The van der Waals surface area contributed by atoms with Crippen LogP contribution in [-0.2, 0) is 9.53 Å². The van der Waals surface area contributed by atoms with Crippen molar-refractivity contribution in [2.45, 2.75) is 6.92 Å². The average molecular weight is 256 g/mol. The van der Waals surface area contributed by atoms with Crippen LogP contribution in [-0.4, -0.2) is 21.0 Å². The van der Waals surface area contributed by atoms with Crippen LogP contribution in [0.1, 0.15) is 6.92 Å². The van der Waals surface area contributed by atoms with E-state index in [1.807, 2.05) is 36.4 Å². The van der Waals surface area contributed by atoms with Crippen molar-refractivity contribution in [2.75, 3.05) is 6.23 Å². The zero-order valence-corrected chi connectivity index (χ0v) is 11.5. The van der Waals surface area contributed by atoms with E-state index in [-0.39, 0.29) is 5.97 Å². The van der Waals surface area contributed by atoms with Crippen molar-refractivity contribution in [3.63, 3.8) is 0 Å². The highest BCUT2D eigenvalue weighted by atomic mass is 28.3. The van der Waals surface area contributed by atoms with Gasteiger partial charge in [0.25, 0.3) is 0 Å². The number of rotatable bonds is 4. The lowest BCUT2D eigenvalue weighted by Crippen LogP contribution is -2.46. The molecule has 2 rings (SSSR count). The number of carbonyl (C=O) groups is 1. The lowest BCUT2D eigenvalue weighted by molar-refractivity contribution is -0.139. The number of ether oxygens (including phenoxy) is 1. The van der Waals surface area contributed by atoms with E-state index in [1.54, 1.807) is 0 Å². The molecular weight excluding hydrogens is 240 g/mol.